The van der Waals surface area contributed by atoms with Crippen LogP contribution in [0.25, 0.3) is 0 Å². The highest BCUT2D eigenvalue weighted by Crippen LogP contribution is 2.28. The minimum absolute atomic E-state index is 0.0516. The summed E-state index contributed by atoms with van der Waals surface area (Å²) in [6.45, 7) is 6.01. The fourth-order valence-electron chi connectivity index (χ4n) is 6.47. The van der Waals surface area contributed by atoms with E-state index >= 15 is 0 Å². The van der Waals surface area contributed by atoms with Gasteiger partial charge in [-0.15, -0.1) is 11.3 Å². The molecule has 3 aliphatic rings. The van der Waals surface area contributed by atoms with Crippen LogP contribution in [0.3, 0.4) is 0 Å². The topological polar surface area (TPSA) is 127 Å². The lowest BCUT2D eigenvalue weighted by molar-refractivity contribution is -0.133. The first-order valence-electron chi connectivity index (χ1n) is 15.4. The first kappa shape index (κ1) is 31.0. The van der Waals surface area contributed by atoms with Crippen LogP contribution in [0.5, 0.6) is 0 Å². The first-order valence-corrected chi connectivity index (χ1v) is 16.8. The number of pyridine rings is 1. The Hall–Kier alpha value is -4.03. The number of benzene rings is 1. The van der Waals surface area contributed by atoms with Gasteiger partial charge in [0.05, 0.1) is 16.4 Å². The molecule has 1 atom stereocenters. The van der Waals surface area contributed by atoms with E-state index in [4.69, 9.17) is 17.3 Å². The van der Waals surface area contributed by atoms with Gasteiger partial charge < -0.3 is 36.0 Å². The molecule has 11 nitrogen and oxygen atoms in total. The lowest BCUT2D eigenvalue weighted by atomic mass is 10.0. The van der Waals surface area contributed by atoms with Crippen molar-refractivity contribution < 1.29 is 14.4 Å². The summed E-state index contributed by atoms with van der Waals surface area (Å²) >= 11 is 7.99. The molecule has 0 radical (unpaired) electrons. The number of aromatic nitrogens is 1. The molecular weight excluding hydrogens is 612 g/mol. The molecule has 0 saturated carbocycles. The van der Waals surface area contributed by atoms with Crippen LogP contribution in [-0.4, -0.2) is 95.6 Å². The number of likely N-dealkylation sites (tertiary alicyclic amines) is 1. The van der Waals surface area contributed by atoms with E-state index in [9.17, 15) is 14.4 Å². The van der Waals surface area contributed by atoms with Crippen LogP contribution in [0.2, 0.25) is 5.02 Å². The standard InChI is InChI=1S/C32H39ClN8O3S/c1-21-16-22(17-26(33)29(21)34)18-27(30(42)39-14-12-38(13-15-39)24-2-7-35-8-3-24)36-31(43)40-9-5-25(6-10-40)41-11-4-23-19-45-20-28(23)37-32(41)44/h2-3,7-8,16-17,19-20,25,27H,4-6,9-15,18,34H2,1H3,(H,36,43)(H,37,44)/t27-/m1/s1. The van der Waals surface area contributed by atoms with E-state index in [0.717, 1.165) is 28.9 Å². The van der Waals surface area contributed by atoms with Crippen molar-refractivity contribution >= 4 is 58.0 Å². The predicted octanol–water partition coefficient (Wildman–Crippen LogP) is 4.21. The highest BCUT2D eigenvalue weighted by Gasteiger charge is 2.34. The molecular formula is C32H39ClN8O3S. The zero-order chi connectivity index (χ0) is 31.5. The quantitative estimate of drug-likeness (QED) is 0.343. The summed E-state index contributed by atoms with van der Waals surface area (Å²) in [5.74, 6) is -0.119. The van der Waals surface area contributed by atoms with Crippen molar-refractivity contribution in [3.63, 3.8) is 0 Å². The van der Waals surface area contributed by atoms with E-state index < -0.39 is 6.04 Å². The number of rotatable bonds is 6. The Morgan fingerprint density at radius 2 is 1.80 bits per heavy atom. The third-order valence-electron chi connectivity index (χ3n) is 9.11. The maximum absolute atomic E-state index is 14.0. The largest absolute Gasteiger partial charge is 0.397 e. The van der Waals surface area contributed by atoms with Gasteiger partial charge in [-0.3, -0.25) is 9.78 Å². The highest BCUT2D eigenvalue weighted by molar-refractivity contribution is 7.08. The van der Waals surface area contributed by atoms with E-state index in [-0.39, 0.29) is 24.0 Å². The third kappa shape index (κ3) is 6.96. The first-order chi connectivity index (χ1) is 21.8. The predicted molar refractivity (Wildman–Crippen MR) is 178 cm³/mol. The maximum atomic E-state index is 14.0. The van der Waals surface area contributed by atoms with Gasteiger partial charge in [0.1, 0.15) is 6.04 Å². The van der Waals surface area contributed by atoms with E-state index in [1.807, 2.05) is 40.3 Å². The SMILES string of the molecule is Cc1cc(C[C@@H](NC(=O)N2CCC(N3CCc4cscc4NC3=O)CC2)C(=O)N2CCN(c3ccncc3)CC2)cc(Cl)c1N. The maximum Gasteiger partial charge on any atom is 0.322 e. The van der Waals surface area contributed by atoms with E-state index in [2.05, 4.69) is 25.9 Å². The van der Waals surface area contributed by atoms with Crippen molar-refractivity contribution in [3.8, 4) is 0 Å². The van der Waals surface area contributed by atoms with Crippen LogP contribution < -0.4 is 21.3 Å². The van der Waals surface area contributed by atoms with Crippen LogP contribution in [-0.2, 0) is 17.6 Å². The molecule has 3 aliphatic heterocycles. The number of hydrogen-bond donors (Lipinski definition) is 3. The number of thiophene rings is 1. The van der Waals surface area contributed by atoms with Crippen LogP contribution in [0.4, 0.5) is 26.7 Å². The average Bonchev–Trinajstić information content (AvgIpc) is 3.43. The number of nitrogens with one attached hydrogen (secondary N) is 2. The van der Waals surface area contributed by atoms with Crippen molar-refractivity contribution in [1.29, 1.82) is 0 Å². The molecule has 2 saturated heterocycles. The molecule has 0 bridgehead atoms. The van der Waals surface area contributed by atoms with E-state index in [1.54, 1.807) is 34.7 Å². The van der Waals surface area contributed by atoms with Crippen LogP contribution in [0, 0.1) is 6.92 Å². The zero-order valence-corrected chi connectivity index (χ0v) is 26.9. The number of aryl methyl sites for hydroxylation is 1. The summed E-state index contributed by atoms with van der Waals surface area (Å²) in [7, 11) is 0. The minimum Gasteiger partial charge on any atom is -0.397 e. The number of anilines is 3. The molecule has 0 unspecified atom stereocenters. The van der Waals surface area contributed by atoms with Crippen LogP contribution >= 0.6 is 22.9 Å². The molecule has 2 aromatic heterocycles. The summed E-state index contributed by atoms with van der Waals surface area (Å²) in [5.41, 5.74) is 11.4. The number of fused-ring (bicyclic) bond motifs is 1. The van der Waals surface area contributed by atoms with E-state index in [1.165, 1.54) is 5.56 Å². The number of carbonyl (C=O) groups is 3. The van der Waals surface area contributed by atoms with Gasteiger partial charge in [-0.1, -0.05) is 17.7 Å². The van der Waals surface area contributed by atoms with Crippen molar-refractivity contribution in [2.45, 2.75) is 44.7 Å². The highest BCUT2D eigenvalue weighted by atomic mass is 35.5. The van der Waals surface area contributed by atoms with E-state index in [0.29, 0.717) is 75.8 Å². The Bertz CT molecular complexity index is 1510. The van der Waals surface area contributed by atoms with Crippen molar-refractivity contribution in [1.82, 2.24) is 25.0 Å². The van der Waals surface area contributed by atoms with Crippen LogP contribution in [0.1, 0.15) is 29.5 Å². The Morgan fingerprint density at radius 3 is 2.51 bits per heavy atom. The number of nitrogens with two attached hydrogens (primary N) is 1. The van der Waals surface area contributed by atoms with Gasteiger partial charge in [0.25, 0.3) is 0 Å². The second kappa shape index (κ2) is 13.5. The number of halogens is 1. The summed E-state index contributed by atoms with van der Waals surface area (Å²) in [4.78, 5) is 52.4. The molecule has 5 amide bonds. The molecule has 1 aromatic carbocycles. The summed E-state index contributed by atoms with van der Waals surface area (Å²) in [6.07, 6.45) is 6.00. The number of carbonyl (C=O) groups excluding carboxylic acids is 3. The third-order valence-corrected chi connectivity index (χ3v) is 10.2. The Labute approximate surface area is 272 Å². The molecule has 2 fully saturated rings. The number of amides is 5. The number of hydrogen-bond acceptors (Lipinski definition) is 7. The smallest absolute Gasteiger partial charge is 0.322 e. The molecule has 0 spiro atoms. The molecule has 3 aromatic rings. The normalized spacial score (nSPS) is 18.2. The second-order valence-corrected chi connectivity index (χ2v) is 13.1. The number of nitrogen functional groups attached to an aromatic ring is 1. The fourth-order valence-corrected chi connectivity index (χ4v) is 7.58. The summed E-state index contributed by atoms with van der Waals surface area (Å²) in [6, 6.07) is 6.56. The monoisotopic (exact) mass is 650 g/mol. The number of nitrogens with zero attached hydrogens (tertiary/aromatic N) is 5. The number of piperazine rings is 1. The van der Waals surface area contributed by atoms with Gasteiger partial charge in [0, 0.05) is 81.7 Å². The van der Waals surface area contributed by atoms with Gasteiger partial charge in [-0.25, -0.2) is 9.59 Å². The summed E-state index contributed by atoms with van der Waals surface area (Å²) < 4.78 is 0. The van der Waals surface area contributed by atoms with Gasteiger partial charge in [0.2, 0.25) is 5.91 Å². The van der Waals surface area contributed by atoms with Gasteiger partial charge in [-0.2, -0.15) is 0 Å². The summed E-state index contributed by atoms with van der Waals surface area (Å²) in [5, 5.41) is 10.6. The lowest BCUT2D eigenvalue weighted by Crippen LogP contribution is -2.58. The molecule has 0 aliphatic carbocycles. The van der Waals surface area contributed by atoms with Crippen molar-refractivity contribution in [2.75, 3.05) is 61.8 Å². The fraction of sp³-hybridized carbons (Fsp3) is 0.438. The molecule has 5 heterocycles. The van der Waals surface area contributed by atoms with Crippen molar-refractivity contribution in [2.24, 2.45) is 0 Å². The average molecular weight is 651 g/mol. The van der Waals surface area contributed by atoms with Crippen molar-refractivity contribution in [3.05, 3.63) is 69.1 Å². The van der Waals surface area contributed by atoms with Gasteiger partial charge in [-0.05, 0) is 66.5 Å². The van der Waals surface area contributed by atoms with Gasteiger partial charge >= 0.3 is 12.1 Å². The Morgan fingerprint density at radius 1 is 1.07 bits per heavy atom. The number of piperidine rings is 1. The molecule has 238 valence electrons. The molecule has 6 rings (SSSR count). The lowest BCUT2D eigenvalue weighted by Gasteiger charge is -2.39. The Kier molecular flexibility index (Phi) is 9.32. The van der Waals surface area contributed by atoms with Crippen LogP contribution in [0.15, 0.2) is 47.4 Å². The second-order valence-electron chi connectivity index (χ2n) is 11.9. The molecule has 45 heavy (non-hydrogen) atoms. The van der Waals surface area contributed by atoms with Gasteiger partial charge in [0.15, 0.2) is 0 Å². The number of urea groups is 2. The zero-order valence-electron chi connectivity index (χ0n) is 25.4. The molecule has 13 heteroatoms. The Balaban J connectivity index is 1.10. The minimum atomic E-state index is -0.767. The molecule has 4 N–H and O–H groups in total.